The van der Waals surface area contributed by atoms with Crippen LogP contribution in [-0.4, -0.2) is 77.1 Å². The molecule has 0 atom stereocenters. The lowest BCUT2D eigenvalue weighted by atomic mass is 9.92. The number of hydrogen-bond acceptors (Lipinski definition) is 3. The number of hydrogen-bond donors (Lipinski definition) is 1. The van der Waals surface area contributed by atoms with Crippen LogP contribution in [-0.2, 0) is 5.41 Å². The first-order chi connectivity index (χ1) is 10.2. The molecule has 1 aliphatic rings. The van der Waals surface area contributed by atoms with Crippen LogP contribution in [0, 0.1) is 0 Å². The fourth-order valence-corrected chi connectivity index (χ4v) is 2.36. The predicted molar refractivity (Wildman–Crippen MR) is 83.8 cm³/mol. The maximum atomic E-state index is 12.5. The van der Waals surface area contributed by atoms with E-state index in [1.54, 1.807) is 28.8 Å². The van der Waals surface area contributed by atoms with Crippen LogP contribution in [0.1, 0.15) is 37.0 Å². The van der Waals surface area contributed by atoms with Gasteiger partial charge in [0.2, 0.25) is 0 Å². The van der Waals surface area contributed by atoms with E-state index in [2.05, 4.69) is 31.0 Å². The van der Waals surface area contributed by atoms with Crippen molar-refractivity contribution >= 4 is 11.9 Å². The molecule has 0 radical (unpaired) electrons. The van der Waals surface area contributed by atoms with Crippen LogP contribution in [0.3, 0.4) is 0 Å². The Balaban J connectivity index is 1.98. The summed E-state index contributed by atoms with van der Waals surface area (Å²) in [5, 5.41) is 7.07. The van der Waals surface area contributed by atoms with Crippen molar-refractivity contribution in [2.24, 2.45) is 0 Å². The van der Waals surface area contributed by atoms with E-state index in [9.17, 15) is 9.59 Å². The van der Waals surface area contributed by atoms with E-state index in [0.717, 1.165) is 5.69 Å². The molecule has 0 aliphatic carbocycles. The number of aromatic nitrogens is 2. The van der Waals surface area contributed by atoms with Gasteiger partial charge in [-0.25, -0.2) is 4.79 Å². The lowest BCUT2D eigenvalue weighted by Crippen LogP contribution is -2.52. The Morgan fingerprint density at radius 3 is 2.14 bits per heavy atom. The summed E-state index contributed by atoms with van der Waals surface area (Å²) >= 11 is 0. The van der Waals surface area contributed by atoms with Crippen LogP contribution in [0.25, 0.3) is 0 Å². The van der Waals surface area contributed by atoms with Crippen molar-refractivity contribution in [1.29, 1.82) is 0 Å². The summed E-state index contributed by atoms with van der Waals surface area (Å²) in [6.07, 6.45) is 0. The topological polar surface area (TPSA) is 72.5 Å². The monoisotopic (exact) mass is 307 g/mol. The van der Waals surface area contributed by atoms with Crippen LogP contribution in [0.5, 0.6) is 0 Å². The highest BCUT2D eigenvalue weighted by molar-refractivity contribution is 5.92. The molecule has 0 aromatic carbocycles. The average Bonchev–Trinajstić information content (AvgIpc) is 2.95. The molecule has 122 valence electrons. The van der Waals surface area contributed by atoms with Crippen LogP contribution in [0.2, 0.25) is 0 Å². The Labute approximate surface area is 131 Å². The summed E-state index contributed by atoms with van der Waals surface area (Å²) < 4.78 is 0. The molecule has 0 spiro atoms. The van der Waals surface area contributed by atoms with Gasteiger partial charge in [0.15, 0.2) is 0 Å². The maximum absolute atomic E-state index is 12.5. The SMILES string of the molecule is CN(C)C(=O)N1CCN(C(=O)c2cc(C(C)(C)C)[nH]n2)CC1. The van der Waals surface area contributed by atoms with Crippen LogP contribution >= 0.6 is 0 Å². The van der Waals surface area contributed by atoms with Gasteiger partial charge in [0.05, 0.1) is 0 Å². The highest BCUT2D eigenvalue weighted by atomic mass is 16.2. The highest BCUT2D eigenvalue weighted by Gasteiger charge is 2.27. The summed E-state index contributed by atoms with van der Waals surface area (Å²) in [7, 11) is 3.47. The van der Waals surface area contributed by atoms with Crippen LogP contribution < -0.4 is 0 Å². The van der Waals surface area contributed by atoms with Crippen molar-refractivity contribution < 1.29 is 9.59 Å². The Hall–Kier alpha value is -2.05. The molecule has 1 saturated heterocycles. The van der Waals surface area contributed by atoms with Crippen LogP contribution in [0.4, 0.5) is 4.79 Å². The molecule has 22 heavy (non-hydrogen) atoms. The Kier molecular flexibility index (Phi) is 4.44. The normalized spacial score (nSPS) is 15.9. The van der Waals surface area contributed by atoms with E-state index in [-0.39, 0.29) is 17.4 Å². The second-order valence-corrected chi connectivity index (χ2v) is 6.87. The van der Waals surface area contributed by atoms with Gasteiger partial charge in [-0.2, -0.15) is 5.10 Å². The summed E-state index contributed by atoms with van der Waals surface area (Å²) in [5.74, 6) is -0.0799. The maximum Gasteiger partial charge on any atom is 0.319 e. The number of H-pyrrole nitrogens is 1. The van der Waals surface area contributed by atoms with E-state index >= 15 is 0 Å². The molecule has 1 aromatic heterocycles. The van der Waals surface area contributed by atoms with Crippen molar-refractivity contribution in [3.8, 4) is 0 Å². The van der Waals surface area contributed by atoms with Crippen LogP contribution in [0.15, 0.2) is 6.07 Å². The quantitative estimate of drug-likeness (QED) is 0.846. The summed E-state index contributed by atoms with van der Waals surface area (Å²) in [4.78, 5) is 29.4. The van der Waals surface area contributed by atoms with Crippen molar-refractivity contribution in [3.63, 3.8) is 0 Å². The van der Waals surface area contributed by atoms with Gasteiger partial charge in [0.1, 0.15) is 5.69 Å². The zero-order valence-corrected chi connectivity index (χ0v) is 14.0. The molecule has 0 saturated carbocycles. The van der Waals surface area contributed by atoms with Crippen molar-refractivity contribution in [2.75, 3.05) is 40.3 Å². The fourth-order valence-electron chi connectivity index (χ4n) is 2.36. The molecule has 0 bridgehead atoms. The number of amides is 3. The van der Waals surface area contributed by atoms with Gasteiger partial charge in [-0.1, -0.05) is 20.8 Å². The lowest BCUT2D eigenvalue weighted by Gasteiger charge is -2.35. The summed E-state index contributed by atoms with van der Waals surface area (Å²) in [6, 6.07) is 1.81. The molecule has 2 heterocycles. The molecule has 7 nitrogen and oxygen atoms in total. The first-order valence-corrected chi connectivity index (χ1v) is 7.51. The van der Waals surface area contributed by atoms with Crippen molar-refractivity contribution in [3.05, 3.63) is 17.5 Å². The van der Waals surface area contributed by atoms with E-state index < -0.39 is 0 Å². The van der Waals surface area contributed by atoms with Crippen molar-refractivity contribution in [1.82, 2.24) is 24.9 Å². The minimum atomic E-state index is -0.0799. The molecule has 7 heteroatoms. The number of carbonyl (C=O) groups excluding carboxylic acids is 2. The van der Waals surface area contributed by atoms with Gasteiger partial charge < -0.3 is 14.7 Å². The number of nitrogens with one attached hydrogen (secondary N) is 1. The molecule has 1 fully saturated rings. The summed E-state index contributed by atoms with van der Waals surface area (Å²) in [5.41, 5.74) is 1.32. The molecule has 1 N–H and O–H groups in total. The lowest BCUT2D eigenvalue weighted by molar-refractivity contribution is 0.0644. The third-order valence-corrected chi connectivity index (χ3v) is 3.82. The first-order valence-electron chi connectivity index (χ1n) is 7.51. The third-order valence-electron chi connectivity index (χ3n) is 3.82. The number of urea groups is 1. The largest absolute Gasteiger partial charge is 0.334 e. The van der Waals surface area contributed by atoms with Gasteiger partial charge in [0.25, 0.3) is 5.91 Å². The predicted octanol–water partition coefficient (Wildman–Crippen LogP) is 1.15. The molecule has 1 aliphatic heterocycles. The molecule has 0 unspecified atom stereocenters. The molecule has 3 amide bonds. The van der Waals surface area contributed by atoms with Gasteiger partial charge in [-0.3, -0.25) is 9.89 Å². The molecule has 1 aromatic rings. The number of nitrogens with zero attached hydrogens (tertiary/aromatic N) is 4. The van der Waals surface area contributed by atoms with Gasteiger partial charge in [-0.05, 0) is 6.07 Å². The van der Waals surface area contributed by atoms with E-state index in [0.29, 0.717) is 31.9 Å². The zero-order valence-electron chi connectivity index (χ0n) is 14.0. The summed E-state index contributed by atoms with van der Waals surface area (Å²) in [6.45, 7) is 8.39. The Morgan fingerprint density at radius 2 is 1.68 bits per heavy atom. The highest BCUT2D eigenvalue weighted by Crippen LogP contribution is 2.21. The molecule has 2 rings (SSSR count). The van der Waals surface area contributed by atoms with E-state index in [1.165, 1.54) is 0 Å². The van der Waals surface area contributed by atoms with Crippen molar-refractivity contribution in [2.45, 2.75) is 26.2 Å². The number of aromatic amines is 1. The third kappa shape index (κ3) is 3.40. The first kappa shape index (κ1) is 16.3. The molecular formula is C15H25N5O2. The smallest absolute Gasteiger partial charge is 0.319 e. The average molecular weight is 307 g/mol. The van der Waals surface area contributed by atoms with E-state index in [1.807, 2.05) is 6.07 Å². The van der Waals surface area contributed by atoms with Gasteiger partial charge in [0, 0.05) is 51.4 Å². The number of piperazine rings is 1. The second-order valence-electron chi connectivity index (χ2n) is 6.87. The standard InChI is InChI=1S/C15H25N5O2/c1-15(2,3)12-10-11(16-17-12)13(21)19-6-8-20(9-7-19)14(22)18(4)5/h10H,6-9H2,1-5H3,(H,16,17). The number of rotatable bonds is 1. The minimum absolute atomic E-state index is 0.0121. The minimum Gasteiger partial charge on any atom is -0.334 e. The van der Waals surface area contributed by atoms with Gasteiger partial charge in [-0.15, -0.1) is 0 Å². The van der Waals surface area contributed by atoms with Gasteiger partial charge >= 0.3 is 6.03 Å². The Bertz CT molecular complexity index is 551. The molecular weight excluding hydrogens is 282 g/mol. The Morgan fingerprint density at radius 1 is 1.14 bits per heavy atom. The fraction of sp³-hybridized carbons (Fsp3) is 0.667. The van der Waals surface area contributed by atoms with E-state index in [4.69, 9.17) is 0 Å². The number of carbonyl (C=O) groups is 2. The second kappa shape index (κ2) is 5.98. The zero-order chi connectivity index (χ0) is 16.5.